The Morgan fingerprint density at radius 2 is 2.04 bits per heavy atom. The Labute approximate surface area is 151 Å². The van der Waals surface area contributed by atoms with E-state index in [4.69, 9.17) is 4.52 Å². The summed E-state index contributed by atoms with van der Waals surface area (Å²) in [5.41, 5.74) is 2.27. The van der Waals surface area contributed by atoms with Gasteiger partial charge in [-0.25, -0.2) is 13.1 Å². The van der Waals surface area contributed by atoms with Crippen LogP contribution in [-0.4, -0.2) is 31.0 Å². The van der Waals surface area contributed by atoms with Crippen molar-refractivity contribution in [3.05, 3.63) is 47.5 Å². The molecule has 0 unspecified atom stereocenters. The molecule has 8 nitrogen and oxygen atoms in total. The highest BCUT2D eigenvalue weighted by molar-refractivity contribution is 7.89. The van der Waals surface area contributed by atoms with Crippen molar-refractivity contribution in [2.45, 2.75) is 31.7 Å². The third-order valence-electron chi connectivity index (χ3n) is 4.03. The third-order valence-corrected chi connectivity index (χ3v) is 5.74. The maximum Gasteiger partial charge on any atom is 0.245 e. The van der Waals surface area contributed by atoms with E-state index in [9.17, 15) is 13.2 Å². The van der Waals surface area contributed by atoms with Crippen molar-refractivity contribution < 1.29 is 17.7 Å². The van der Waals surface area contributed by atoms with Gasteiger partial charge < -0.3 is 14.8 Å². The number of amides is 1. The number of aryl methyl sites for hydroxylation is 2. The normalized spacial score (nSPS) is 11.8. The van der Waals surface area contributed by atoms with Crippen LogP contribution in [0, 0.1) is 13.8 Å². The summed E-state index contributed by atoms with van der Waals surface area (Å²) in [4.78, 5) is 15.2. The second-order valence-corrected chi connectivity index (χ2v) is 7.64. The zero-order valence-corrected chi connectivity index (χ0v) is 15.3. The molecule has 26 heavy (non-hydrogen) atoms. The third kappa shape index (κ3) is 3.78. The Morgan fingerprint density at radius 3 is 2.77 bits per heavy atom. The molecule has 0 bridgehead atoms. The minimum atomic E-state index is -3.75. The molecule has 138 valence electrons. The first-order valence-electron chi connectivity index (χ1n) is 8.12. The molecule has 3 rings (SSSR count). The Hall–Kier alpha value is -2.65. The number of aromatic amines is 1. The number of nitrogens with zero attached hydrogens (tertiary/aromatic N) is 1. The smallest absolute Gasteiger partial charge is 0.245 e. The van der Waals surface area contributed by atoms with E-state index in [1.807, 2.05) is 30.5 Å². The van der Waals surface area contributed by atoms with Gasteiger partial charge in [0.2, 0.25) is 15.9 Å². The van der Waals surface area contributed by atoms with Gasteiger partial charge in [0.15, 0.2) is 5.76 Å². The van der Waals surface area contributed by atoms with Crippen molar-refractivity contribution in [1.29, 1.82) is 0 Å². The first-order valence-corrected chi connectivity index (χ1v) is 9.61. The standard InChI is InChI=1S/C17H20N4O4S/c1-11-17(12(2)25-21-11)26(23,24)20-8-7-16(22)19-10-13-9-18-15-6-4-3-5-14(13)15/h3-6,9,18,20H,7-8,10H2,1-2H3,(H,19,22). The van der Waals surface area contributed by atoms with Gasteiger partial charge in [-0.3, -0.25) is 4.79 Å². The molecular weight excluding hydrogens is 356 g/mol. The van der Waals surface area contributed by atoms with E-state index in [0.29, 0.717) is 12.2 Å². The molecule has 2 aromatic heterocycles. The predicted octanol–water partition coefficient (Wildman–Crippen LogP) is 1.76. The van der Waals surface area contributed by atoms with Crippen LogP contribution in [0.1, 0.15) is 23.4 Å². The summed E-state index contributed by atoms with van der Waals surface area (Å²) in [6, 6.07) is 7.81. The molecule has 3 N–H and O–H groups in total. The van der Waals surface area contributed by atoms with Crippen LogP contribution in [0.5, 0.6) is 0 Å². The lowest BCUT2D eigenvalue weighted by Crippen LogP contribution is -2.31. The summed E-state index contributed by atoms with van der Waals surface area (Å²) in [7, 11) is -3.75. The molecule has 0 saturated carbocycles. The van der Waals surface area contributed by atoms with E-state index in [-0.39, 0.29) is 29.5 Å². The molecule has 1 aromatic carbocycles. The number of benzene rings is 1. The fourth-order valence-corrected chi connectivity index (χ4v) is 4.15. The highest BCUT2D eigenvalue weighted by Gasteiger charge is 2.23. The van der Waals surface area contributed by atoms with Gasteiger partial charge in [0, 0.05) is 36.6 Å². The monoisotopic (exact) mass is 376 g/mol. The lowest BCUT2D eigenvalue weighted by atomic mass is 10.2. The first kappa shape index (κ1) is 18.2. The summed E-state index contributed by atoms with van der Waals surface area (Å²) in [5, 5.41) is 7.48. The van der Waals surface area contributed by atoms with Gasteiger partial charge in [0.1, 0.15) is 10.6 Å². The largest absolute Gasteiger partial charge is 0.361 e. The second kappa shape index (κ2) is 7.30. The fourth-order valence-electron chi connectivity index (χ4n) is 2.79. The molecule has 2 heterocycles. The van der Waals surface area contributed by atoms with Crippen molar-refractivity contribution in [2.75, 3.05) is 6.54 Å². The summed E-state index contributed by atoms with van der Waals surface area (Å²) in [5.74, 6) is -0.0180. The van der Waals surface area contributed by atoms with Crippen LogP contribution in [-0.2, 0) is 21.4 Å². The topological polar surface area (TPSA) is 117 Å². The van der Waals surface area contributed by atoms with E-state index in [0.717, 1.165) is 16.5 Å². The molecule has 9 heteroatoms. The van der Waals surface area contributed by atoms with Crippen molar-refractivity contribution in [3.63, 3.8) is 0 Å². The molecule has 0 atom stereocenters. The number of rotatable bonds is 7. The zero-order chi connectivity index (χ0) is 18.7. The van der Waals surface area contributed by atoms with Crippen molar-refractivity contribution >= 4 is 26.8 Å². The molecule has 1 amide bonds. The molecular formula is C17H20N4O4S. The number of hydrogen-bond acceptors (Lipinski definition) is 5. The van der Waals surface area contributed by atoms with Crippen LogP contribution >= 0.6 is 0 Å². The highest BCUT2D eigenvalue weighted by atomic mass is 32.2. The molecule has 0 radical (unpaired) electrons. The Balaban J connectivity index is 1.52. The molecule has 0 aliphatic carbocycles. The molecule has 0 aliphatic heterocycles. The van der Waals surface area contributed by atoms with Crippen molar-refractivity contribution in [3.8, 4) is 0 Å². The SMILES string of the molecule is Cc1noc(C)c1S(=O)(=O)NCCC(=O)NCc1c[nH]c2ccccc12. The van der Waals surface area contributed by atoms with E-state index >= 15 is 0 Å². The number of para-hydroxylation sites is 1. The molecule has 0 aliphatic rings. The predicted molar refractivity (Wildman–Crippen MR) is 95.9 cm³/mol. The number of nitrogens with one attached hydrogen (secondary N) is 3. The van der Waals surface area contributed by atoms with Crippen LogP contribution in [0.25, 0.3) is 10.9 Å². The van der Waals surface area contributed by atoms with Crippen LogP contribution in [0.3, 0.4) is 0 Å². The minimum Gasteiger partial charge on any atom is -0.361 e. The maximum absolute atomic E-state index is 12.3. The van der Waals surface area contributed by atoms with Gasteiger partial charge in [-0.1, -0.05) is 23.4 Å². The number of aromatic nitrogens is 2. The van der Waals surface area contributed by atoms with Gasteiger partial charge in [0.05, 0.1) is 0 Å². The number of hydrogen-bond donors (Lipinski definition) is 3. The summed E-state index contributed by atoms with van der Waals surface area (Å²) >= 11 is 0. The van der Waals surface area contributed by atoms with Gasteiger partial charge in [-0.05, 0) is 25.5 Å². The molecule has 0 saturated heterocycles. The van der Waals surface area contributed by atoms with Gasteiger partial charge in [0.25, 0.3) is 0 Å². The summed E-state index contributed by atoms with van der Waals surface area (Å²) < 4.78 is 31.8. The van der Waals surface area contributed by atoms with E-state index in [1.165, 1.54) is 6.92 Å². The Kier molecular flexibility index (Phi) is 5.10. The van der Waals surface area contributed by atoms with Crippen LogP contribution in [0.15, 0.2) is 39.9 Å². The van der Waals surface area contributed by atoms with Gasteiger partial charge >= 0.3 is 0 Å². The number of carbonyl (C=O) groups is 1. The Bertz CT molecular complexity index is 1020. The average Bonchev–Trinajstić information content (AvgIpc) is 3.16. The minimum absolute atomic E-state index is 0.00783. The lowest BCUT2D eigenvalue weighted by Gasteiger charge is -2.07. The maximum atomic E-state index is 12.3. The van der Waals surface area contributed by atoms with Gasteiger partial charge in [-0.2, -0.15) is 0 Å². The first-order chi connectivity index (χ1) is 12.4. The van der Waals surface area contributed by atoms with E-state index in [1.54, 1.807) is 6.92 Å². The van der Waals surface area contributed by atoms with Crippen LogP contribution in [0.2, 0.25) is 0 Å². The fraction of sp³-hybridized carbons (Fsp3) is 0.294. The van der Waals surface area contributed by atoms with Crippen molar-refractivity contribution in [1.82, 2.24) is 20.2 Å². The molecule has 0 fully saturated rings. The number of sulfonamides is 1. The summed E-state index contributed by atoms with van der Waals surface area (Å²) in [6.07, 6.45) is 1.88. The molecule has 0 spiro atoms. The Morgan fingerprint density at radius 1 is 1.27 bits per heavy atom. The quantitative estimate of drug-likeness (QED) is 0.581. The number of fused-ring (bicyclic) bond motifs is 1. The number of carbonyl (C=O) groups excluding carboxylic acids is 1. The van der Waals surface area contributed by atoms with Crippen LogP contribution in [0.4, 0.5) is 0 Å². The lowest BCUT2D eigenvalue weighted by molar-refractivity contribution is -0.121. The van der Waals surface area contributed by atoms with Gasteiger partial charge in [-0.15, -0.1) is 0 Å². The van der Waals surface area contributed by atoms with Crippen LogP contribution < -0.4 is 10.0 Å². The van der Waals surface area contributed by atoms with E-state index in [2.05, 4.69) is 20.2 Å². The van der Waals surface area contributed by atoms with E-state index < -0.39 is 10.0 Å². The molecule has 3 aromatic rings. The second-order valence-electron chi connectivity index (χ2n) is 5.94. The summed E-state index contributed by atoms with van der Waals surface area (Å²) in [6.45, 7) is 3.45. The average molecular weight is 376 g/mol. The zero-order valence-electron chi connectivity index (χ0n) is 14.5. The highest BCUT2D eigenvalue weighted by Crippen LogP contribution is 2.19. The number of H-pyrrole nitrogens is 1. The van der Waals surface area contributed by atoms with Crippen molar-refractivity contribution in [2.24, 2.45) is 0 Å².